The molecule has 2 N–H and O–H groups in total. The molecule has 3 aromatic rings. The number of alkyl halides is 2. The standard InChI is InChI=1S/C30H31F3N4O6/c1-41-25-6-4-18-5-7-27(38)34-15-19-11-20(31)14-21(12-19)43-24-8-10-36(29(40)23-3-2-9-37(23)30(32)33)16-22(24)35-28(39)17-42-26(25)13-18/h2-4,6,9,11-14,22,24,30H,5,7-8,10,15-17H2,1H3,(H,34,38)(H,35,39)/t22-,24-/m1/s1. The molecule has 0 aliphatic carbocycles. The number of methoxy groups -OCH3 is 1. The molecule has 4 bridgehead atoms. The summed E-state index contributed by atoms with van der Waals surface area (Å²) in [6.07, 6.45) is 1.20. The van der Waals surface area contributed by atoms with Gasteiger partial charge in [0.1, 0.15) is 23.4 Å². The van der Waals surface area contributed by atoms with E-state index in [-0.39, 0.29) is 49.8 Å². The van der Waals surface area contributed by atoms with E-state index in [1.165, 1.54) is 36.3 Å². The zero-order valence-corrected chi connectivity index (χ0v) is 23.4. The van der Waals surface area contributed by atoms with Gasteiger partial charge in [-0.05, 0) is 53.9 Å². The number of ether oxygens (including phenoxy) is 3. The number of aryl methyl sites for hydroxylation is 1. The summed E-state index contributed by atoms with van der Waals surface area (Å²) < 4.78 is 59.2. The van der Waals surface area contributed by atoms with Crippen molar-refractivity contribution in [1.82, 2.24) is 20.1 Å². The first-order valence-electron chi connectivity index (χ1n) is 13.8. The molecule has 1 saturated heterocycles. The molecule has 0 spiro atoms. The highest BCUT2D eigenvalue weighted by Gasteiger charge is 2.36. The summed E-state index contributed by atoms with van der Waals surface area (Å²) >= 11 is 0. The Labute approximate surface area is 245 Å². The number of piperidine rings is 1. The molecule has 0 unspecified atom stereocenters. The lowest BCUT2D eigenvalue weighted by molar-refractivity contribution is -0.125. The van der Waals surface area contributed by atoms with Crippen molar-refractivity contribution in [2.45, 2.75) is 44.5 Å². The number of likely N-dealkylation sites (tertiary alicyclic amines) is 1. The molecule has 0 radical (unpaired) electrons. The van der Waals surface area contributed by atoms with Crippen LogP contribution in [0.4, 0.5) is 13.2 Å². The van der Waals surface area contributed by atoms with E-state index in [1.807, 2.05) is 0 Å². The number of fused-ring (bicyclic) bond motifs is 5. The average molecular weight is 601 g/mol. The summed E-state index contributed by atoms with van der Waals surface area (Å²) in [6.45, 7) is -3.15. The van der Waals surface area contributed by atoms with Crippen molar-refractivity contribution in [1.29, 1.82) is 0 Å². The minimum atomic E-state index is -2.90. The minimum Gasteiger partial charge on any atom is -0.493 e. The largest absolute Gasteiger partial charge is 0.493 e. The lowest BCUT2D eigenvalue weighted by Gasteiger charge is -2.39. The van der Waals surface area contributed by atoms with Crippen molar-refractivity contribution in [2.75, 3.05) is 26.8 Å². The molecule has 5 rings (SSSR count). The van der Waals surface area contributed by atoms with Gasteiger partial charge in [-0.2, -0.15) is 8.78 Å². The topological polar surface area (TPSA) is 111 Å². The monoisotopic (exact) mass is 600 g/mol. The molecule has 2 aliphatic heterocycles. The van der Waals surface area contributed by atoms with Crippen LogP contribution in [0.2, 0.25) is 0 Å². The number of carbonyl (C=O) groups excluding carboxylic acids is 3. The molecule has 43 heavy (non-hydrogen) atoms. The first kappa shape index (κ1) is 29.8. The van der Waals surface area contributed by atoms with Crippen LogP contribution >= 0.6 is 0 Å². The van der Waals surface area contributed by atoms with Crippen LogP contribution in [0.25, 0.3) is 0 Å². The highest BCUT2D eigenvalue weighted by molar-refractivity contribution is 5.93. The fourth-order valence-corrected chi connectivity index (χ4v) is 5.20. The third-order valence-corrected chi connectivity index (χ3v) is 7.33. The Hall–Kier alpha value is -4.68. The summed E-state index contributed by atoms with van der Waals surface area (Å²) in [5, 5.41) is 5.62. The number of nitrogens with zero attached hydrogens (tertiary/aromatic N) is 2. The van der Waals surface area contributed by atoms with Crippen LogP contribution in [-0.2, 0) is 22.6 Å². The van der Waals surface area contributed by atoms with Gasteiger partial charge < -0.3 is 29.7 Å². The van der Waals surface area contributed by atoms with Gasteiger partial charge in [-0.3, -0.25) is 19.0 Å². The highest BCUT2D eigenvalue weighted by atomic mass is 19.3. The van der Waals surface area contributed by atoms with E-state index in [2.05, 4.69) is 10.6 Å². The van der Waals surface area contributed by atoms with Gasteiger partial charge in [0.25, 0.3) is 11.8 Å². The molecule has 10 nitrogen and oxygen atoms in total. The number of hydrogen-bond acceptors (Lipinski definition) is 6. The predicted octanol–water partition coefficient (Wildman–Crippen LogP) is 3.45. The quantitative estimate of drug-likeness (QED) is 0.477. The van der Waals surface area contributed by atoms with Gasteiger partial charge in [-0.15, -0.1) is 0 Å². The molecule has 1 aromatic heterocycles. The van der Waals surface area contributed by atoms with E-state index < -0.39 is 42.9 Å². The molecule has 2 aromatic carbocycles. The number of aromatic nitrogens is 1. The number of nitrogens with one attached hydrogen (secondary N) is 2. The van der Waals surface area contributed by atoms with Gasteiger partial charge >= 0.3 is 6.55 Å². The highest BCUT2D eigenvalue weighted by Crippen LogP contribution is 2.29. The maximum Gasteiger partial charge on any atom is 0.319 e. The smallest absolute Gasteiger partial charge is 0.319 e. The van der Waals surface area contributed by atoms with E-state index in [4.69, 9.17) is 14.2 Å². The number of rotatable bonds is 3. The first-order valence-corrected chi connectivity index (χ1v) is 13.8. The van der Waals surface area contributed by atoms with Gasteiger partial charge in [-0.1, -0.05) is 6.07 Å². The second kappa shape index (κ2) is 13.1. The maximum atomic E-state index is 14.5. The second-order valence-corrected chi connectivity index (χ2v) is 10.3. The van der Waals surface area contributed by atoms with Crippen LogP contribution in [0, 0.1) is 5.82 Å². The summed E-state index contributed by atoms with van der Waals surface area (Å²) in [4.78, 5) is 40.2. The Bertz CT molecular complexity index is 1500. The van der Waals surface area contributed by atoms with Crippen molar-refractivity contribution in [3.05, 3.63) is 77.4 Å². The van der Waals surface area contributed by atoms with Gasteiger partial charge in [0.15, 0.2) is 18.1 Å². The zero-order chi connectivity index (χ0) is 30.5. The van der Waals surface area contributed by atoms with Gasteiger partial charge in [0.2, 0.25) is 5.91 Å². The van der Waals surface area contributed by atoms with Crippen molar-refractivity contribution >= 4 is 17.7 Å². The van der Waals surface area contributed by atoms with Gasteiger partial charge in [0.05, 0.1) is 13.2 Å². The third-order valence-electron chi connectivity index (χ3n) is 7.33. The second-order valence-electron chi connectivity index (χ2n) is 10.3. The van der Waals surface area contributed by atoms with Crippen molar-refractivity contribution in [3.8, 4) is 17.2 Å². The zero-order valence-electron chi connectivity index (χ0n) is 23.4. The molecular weight excluding hydrogens is 569 g/mol. The Kier molecular flexibility index (Phi) is 9.07. The summed E-state index contributed by atoms with van der Waals surface area (Å²) in [5.74, 6) is -1.08. The van der Waals surface area contributed by atoms with Gasteiger partial charge in [-0.25, -0.2) is 4.39 Å². The molecular formula is C30H31F3N4O6. The number of carbonyl (C=O) groups is 3. The SMILES string of the molecule is COc1ccc2cc1OCC(=O)N[C@@H]1CN(C(=O)c3cccn3C(F)F)CC[C@H]1Oc1cc(F)cc(c1)CNC(=O)CC2. The molecule has 2 aliphatic rings. The first-order chi connectivity index (χ1) is 20.7. The van der Waals surface area contributed by atoms with Crippen LogP contribution in [0.15, 0.2) is 54.7 Å². The van der Waals surface area contributed by atoms with E-state index in [9.17, 15) is 27.6 Å². The number of amides is 3. The molecule has 13 heteroatoms. The van der Waals surface area contributed by atoms with Gasteiger partial charge in [0, 0.05) is 44.7 Å². The summed E-state index contributed by atoms with van der Waals surface area (Å²) in [7, 11) is 1.46. The third kappa shape index (κ3) is 7.22. The normalized spacial score (nSPS) is 19.6. The minimum absolute atomic E-state index is 0.0549. The number of halogens is 3. The molecule has 2 atom stereocenters. The number of benzene rings is 2. The molecule has 3 amide bonds. The number of hydrogen-bond donors (Lipinski definition) is 2. The van der Waals surface area contributed by atoms with Crippen molar-refractivity contribution < 1.29 is 41.8 Å². The molecule has 1 fully saturated rings. The van der Waals surface area contributed by atoms with E-state index in [1.54, 1.807) is 24.3 Å². The van der Waals surface area contributed by atoms with E-state index in [0.717, 1.165) is 11.8 Å². The van der Waals surface area contributed by atoms with Crippen molar-refractivity contribution in [3.63, 3.8) is 0 Å². The molecule has 228 valence electrons. The Morgan fingerprint density at radius 1 is 1.07 bits per heavy atom. The molecule has 0 saturated carbocycles. The van der Waals surface area contributed by atoms with Crippen LogP contribution in [0.1, 0.15) is 41.0 Å². The van der Waals surface area contributed by atoms with Crippen molar-refractivity contribution in [2.24, 2.45) is 0 Å². The fraction of sp³-hybridized carbons (Fsp3) is 0.367. The Balaban J connectivity index is 1.42. The van der Waals surface area contributed by atoms with E-state index >= 15 is 0 Å². The Morgan fingerprint density at radius 2 is 1.91 bits per heavy atom. The lowest BCUT2D eigenvalue weighted by Crippen LogP contribution is -2.58. The predicted molar refractivity (Wildman–Crippen MR) is 148 cm³/mol. The maximum absolute atomic E-state index is 14.5. The molecule has 3 heterocycles. The van der Waals surface area contributed by atoms with Crippen LogP contribution in [0.3, 0.4) is 0 Å². The van der Waals surface area contributed by atoms with Crippen LogP contribution < -0.4 is 24.8 Å². The van der Waals surface area contributed by atoms with Crippen LogP contribution in [-0.4, -0.2) is 66.1 Å². The van der Waals surface area contributed by atoms with E-state index in [0.29, 0.717) is 28.1 Å². The van der Waals surface area contributed by atoms with Crippen LogP contribution in [0.5, 0.6) is 17.2 Å². The summed E-state index contributed by atoms with van der Waals surface area (Å²) in [5.41, 5.74) is 1.07. The Morgan fingerprint density at radius 3 is 2.70 bits per heavy atom. The summed E-state index contributed by atoms with van der Waals surface area (Å²) in [6, 6.07) is 11.1. The average Bonchev–Trinajstić information content (AvgIpc) is 3.48. The fourth-order valence-electron chi connectivity index (χ4n) is 5.20. The lowest BCUT2D eigenvalue weighted by atomic mass is 10.0.